The molecule has 4 heterocycles. The maximum absolute atomic E-state index is 8.82. The summed E-state index contributed by atoms with van der Waals surface area (Å²) in [5.41, 5.74) is 12.7. The van der Waals surface area contributed by atoms with Crippen molar-refractivity contribution in [3.8, 4) is 11.8 Å². The predicted molar refractivity (Wildman–Crippen MR) is 147 cm³/mol. The lowest BCUT2D eigenvalue weighted by Crippen LogP contribution is -2.18. The van der Waals surface area contributed by atoms with Crippen molar-refractivity contribution in [1.29, 1.82) is 0 Å². The molecule has 0 amide bonds. The summed E-state index contributed by atoms with van der Waals surface area (Å²) in [5, 5.41) is 29.5. The van der Waals surface area contributed by atoms with Gasteiger partial charge in [0, 0.05) is 4.83 Å². The van der Waals surface area contributed by atoms with Crippen molar-refractivity contribution in [3.05, 3.63) is 12.7 Å². The number of aromatic nitrogens is 8. The fraction of sp³-hybridized carbons (Fsp3) is 0.565. The molecule has 0 spiro atoms. The number of hydrogen-bond acceptors (Lipinski definition) is 12. The van der Waals surface area contributed by atoms with Crippen molar-refractivity contribution < 1.29 is 19.7 Å². The standard InChI is InChI=1S/C11H15N5O2.C7H9N5O2.C4H7Br.CH4/c12-9-8-10(14-6-13-9)16(7-2-1-3-7)15-11(8)18-5-4-17;8-5-4-6(10-3-9-5)11-12-7(4)14-2-1-13;5-4-2-1-3-4;/h6-7,17H,1-5H2,(H2,12,13,14);3,13H,1-2H2,(H3,8,9,10,11,12);4H,1-3H2;1H4. The number of rotatable bonds is 7. The lowest BCUT2D eigenvalue weighted by Gasteiger charge is -2.25. The number of H-pyrrole nitrogens is 1. The van der Waals surface area contributed by atoms with Crippen molar-refractivity contribution in [1.82, 2.24) is 39.9 Å². The van der Waals surface area contributed by atoms with Gasteiger partial charge in [0.2, 0.25) is 11.8 Å². The van der Waals surface area contributed by atoms with Crippen LogP contribution in [-0.2, 0) is 0 Å². The quantitative estimate of drug-likeness (QED) is 0.195. The Bertz CT molecular complexity index is 1290. The summed E-state index contributed by atoms with van der Waals surface area (Å²) < 4.78 is 12.4. The molecule has 0 aliphatic heterocycles. The second-order valence-corrected chi connectivity index (χ2v) is 9.77. The number of nitrogens with two attached hydrogens (primary N) is 2. The molecule has 2 aliphatic carbocycles. The fourth-order valence-corrected chi connectivity index (χ4v) is 4.20. The Kier molecular flexibility index (Phi) is 10.8. The molecule has 208 valence electrons. The van der Waals surface area contributed by atoms with E-state index in [4.69, 9.17) is 31.2 Å². The zero-order chi connectivity index (χ0) is 26.2. The topological polar surface area (TPSA) is 209 Å². The molecule has 0 bridgehead atoms. The van der Waals surface area contributed by atoms with Gasteiger partial charge in [0.15, 0.2) is 11.3 Å². The second-order valence-electron chi connectivity index (χ2n) is 8.48. The van der Waals surface area contributed by atoms with Crippen LogP contribution in [-0.4, -0.2) is 81.4 Å². The third-order valence-electron chi connectivity index (χ3n) is 5.96. The van der Waals surface area contributed by atoms with E-state index in [2.05, 4.69) is 51.2 Å². The first-order chi connectivity index (χ1) is 18.0. The number of aromatic amines is 1. The van der Waals surface area contributed by atoms with E-state index in [0.717, 1.165) is 17.7 Å². The Labute approximate surface area is 228 Å². The highest BCUT2D eigenvalue weighted by Gasteiger charge is 2.26. The molecule has 0 aromatic carbocycles. The molecule has 4 aromatic heterocycles. The number of hydrogen-bond donors (Lipinski definition) is 5. The Morgan fingerprint density at radius 1 is 0.895 bits per heavy atom. The van der Waals surface area contributed by atoms with Crippen LogP contribution in [0.4, 0.5) is 11.6 Å². The minimum atomic E-state index is -0.0814. The molecule has 2 saturated carbocycles. The molecule has 0 atom stereocenters. The van der Waals surface area contributed by atoms with Crippen molar-refractivity contribution in [3.63, 3.8) is 0 Å². The van der Waals surface area contributed by atoms with Crippen LogP contribution in [0.5, 0.6) is 11.8 Å². The molecule has 6 rings (SSSR count). The number of ether oxygens (including phenoxy) is 2. The number of aliphatic hydroxyl groups is 2. The summed E-state index contributed by atoms with van der Waals surface area (Å²) in [5.74, 6) is 1.38. The van der Waals surface area contributed by atoms with Crippen LogP contribution in [0.1, 0.15) is 52.0 Å². The lowest BCUT2D eigenvalue weighted by molar-refractivity contribution is 0.194. The minimum Gasteiger partial charge on any atom is -0.474 e. The van der Waals surface area contributed by atoms with E-state index in [0.29, 0.717) is 51.5 Å². The molecule has 4 aromatic rings. The first kappa shape index (κ1) is 29.3. The van der Waals surface area contributed by atoms with Crippen LogP contribution in [0, 0.1) is 0 Å². The Balaban J connectivity index is 0.000000178. The van der Waals surface area contributed by atoms with Crippen LogP contribution in [0.2, 0.25) is 0 Å². The molecule has 38 heavy (non-hydrogen) atoms. The fourth-order valence-electron chi connectivity index (χ4n) is 3.55. The van der Waals surface area contributed by atoms with Gasteiger partial charge in [0.05, 0.1) is 19.3 Å². The molecule has 0 unspecified atom stereocenters. The number of nitrogen functional groups attached to an aromatic ring is 2. The van der Waals surface area contributed by atoms with Gasteiger partial charge in [-0.15, -0.1) is 10.2 Å². The maximum Gasteiger partial charge on any atom is 0.246 e. The van der Waals surface area contributed by atoms with E-state index in [-0.39, 0.29) is 33.9 Å². The molecule has 15 heteroatoms. The monoisotopic (exact) mass is 594 g/mol. The lowest BCUT2D eigenvalue weighted by atomic mass is 9.93. The number of anilines is 2. The first-order valence-corrected chi connectivity index (χ1v) is 13.0. The average molecular weight is 596 g/mol. The van der Waals surface area contributed by atoms with Crippen LogP contribution in [0.25, 0.3) is 22.1 Å². The predicted octanol–water partition coefficient (Wildman–Crippen LogP) is 2.38. The van der Waals surface area contributed by atoms with Crippen LogP contribution in [0.3, 0.4) is 0 Å². The molecule has 0 radical (unpaired) electrons. The molecule has 2 fully saturated rings. The van der Waals surface area contributed by atoms with Gasteiger partial charge >= 0.3 is 0 Å². The van der Waals surface area contributed by atoms with E-state index in [1.807, 2.05) is 4.68 Å². The van der Waals surface area contributed by atoms with E-state index < -0.39 is 0 Å². The van der Waals surface area contributed by atoms with Gasteiger partial charge in [0.25, 0.3) is 0 Å². The molecule has 0 saturated heterocycles. The Hall–Kier alpha value is -3.30. The summed E-state index contributed by atoms with van der Waals surface area (Å²) in [7, 11) is 0. The van der Waals surface area contributed by atoms with Gasteiger partial charge in [0.1, 0.15) is 48.3 Å². The smallest absolute Gasteiger partial charge is 0.246 e. The molecular weight excluding hydrogens is 560 g/mol. The summed E-state index contributed by atoms with van der Waals surface area (Å²) in [6, 6.07) is 0.369. The number of fused-ring (bicyclic) bond motifs is 2. The summed E-state index contributed by atoms with van der Waals surface area (Å²) in [6.07, 6.45) is 10.4. The number of halogens is 1. The minimum absolute atomic E-state index is 0. The number of aliphatic hydroxyl groups excluding tert-OH is 2. The van der Waals surface area contributed by atoms with Gasteiger partial charge in [-0.2, -0.15) is 0 Å². The normalized spacial score (nSPS) is 14.8. The molecular formula is C23H35BrN10O4. The molecule has 7 N–H and O–H groups in total. The van der Waals surface area contributed by atoms with Crippen LogP contribution < -0.4 is 20.9 Å². The Morgan fingerprint density at radius 2 is 1.47 bits per heavy atom. The van der Waals surface area contributed by atoms with E-state index in [1.54, 1.807) is 0 Å². The highest BCUT2D eigenvalue weighted by atomic mass is 79.9. The van der Waals surface area contributed by atoms with Crippen LogP contribution in [0.15, 0.2) is 12.7 Å². The molecule has 2 aliphatic rings. The zero-order valence-corrected chi connectivity index (χ0v) is 21.8. The van der Waals surface area contributed by atoms with Crippen LogP contribution >= 0.6 is 15.9 Å². The van der Waals surface area contributed by atoms with Gasteiger partial charge in [-0.05, 0) is 32.1 Å². The number of nitrogens with zero attached hydrogens (tertiary/aromatic N) is 7. The third-order valence-corrected chi connectivity index (χ3v) is 6.87. The van der Waals surface area contributed by atoms with Gasteiger partial charge in [-0.3, -0.25) is 5.10 Å². The largest absolute Gasteiger partial charge is 0.474 e. The number of alkyl halides is 1. The van der Waals surface area contributed by atoms with Crippen molar-refractivity contribution in [2.75, 3.05) is 37.9 Å². The molecule has 14 nitrogen and oxygen atoms in total. The van der Waals surface area contributed by atoms with Crippen molar-refractivity contribution >= 4 is 49.6 Å². The van der Waals surface area contributed by atoms with E-state index >= 15 is 0 Å². The van der Waals surface area contributed by atoms with E-state index in [1.165, 1.54) is 38.3 Å². The average Bonchev–Trinajstić information content (AvgIpc) is 3.43. The first-order valence-electron chi connectivity index (χ1n) is 12.1. The Morgan fingerprint density at radius 3 is 2.03 bits per heavy atom. The second kappa shape index (κ2) is 14.0. The van der Waals surface area contributed by atoms with Gasteiger partial charge in [-0.25, -0.2) is 24.6 Å². The summed E-state index contributed by atoms with van der Waals surface area (Å²) in [4.78, 5) is 16.8. The van der Waals surface area contributed by atoms with Crippen molar-refractivity contribution in [2.24, 2.45) is 0 Å². The maximum atomic E-state index is 8.82. The van der Waals surface area contributed by atoms with Gasteiger partial charge in [-0.1, -0.05) is 29.8 Å². The third kappa shape index (κ3) is 6.76. The van der Waals surface area contributed by atoms with E-state index in [9.17, 15) is 0 Å². The SMILES string of the molecule is BrC1CCC1.C.Nc1ncnc2[nH]nc(OCCO)c12.Nc1ncnc2c1c(OCCO)nn2C1CCC1. The van der Waals surface area contributed by atoms with Crippen molar-refractivity contribution in [2.45, 2.75) is 56.8 Å². The highest BCUT2D eigenvalue weighted by molar-refractivity contribution is 9.09. The zero-order valence-electron chi connectivity index (χ0n) is 20.3. The highest BCUT2D eigenvalue weighted by Crippen LogP contribution is 2.37. The van der Waals surface area contributed by atoms with Gasteiger partial charge < -0.3 is 31.2 Å². The summed E-state index contributed by atoms with van der Waals surface area (Å²) in [6.45, 7) is 0.201. The summed E-state index contributed by atoms with van der Waals surface area (Å²) >= 11 is 3.46. The number of nitrogens with one attached hydrogen (secondary N) is 1.